The second-order valence-corrected chi connectivity index (χ2v) is 9.59. The third-order valence-electron chi connectivity index (χ3n) is 5.90. The van der Waals surface area contributed by atoms with Gasteiger partial charge in [0.2, 0.25) is 0 Å². The number of hydrogen-bond acceptors (Lipinski definition) is 6. The normalized spacial score (nSPS) is 13.9. The standard InChI is InChI=1S/C27H26N2O5S/c1-2-4-22(15-27(30)31)21-7-9-24(10-8-21)34-18-20-6-3-5-19(13-20)16-28-12-11-25-23(17-28)14-26(35-25)29(32)33/h3,5-10,13-14,22H,11-12,15-18H2,1H3,(H,30,31)/t22-/m0/s1. The lowest BCUT2D eigenvalue weighted by Gasteiger charge is -2.26. The van der Waals surface area contributed by atoms with E-state index in [1.54, 1.807) is 13.0 Å². The number of fused-ring (bicyclic) bond motifs is 1. The summed E-state index contributed by atoms with van der Waals surface area (Å²) in [5.41, 5.74) is 4.14. The lowest BCUT2D eigenvalue weighted by atomic mass is 9.96. The summed E-state index contributed by atoms with van der Waals surface area (Å²) in [6.45, 7) is 4.49. The smallest absolute Gasteiger partial charge is 0.324 e. The van der Waals surface area contributed by atoms with E-state index in [0.717, 1.165) is 47.6 Å². The van der Waals surface area contributed by atoms with Gasteiger partial charge in [-0.2, -0.15) is 0 Å². The van der Waals surface area contributed by atoms with Gasteiger partial charge < -0.3 is 9.84 Å². The highest BCUT2D eigenvalue weighted by atomic mass is 32.1. The highest BCUT2D eigenvalue weighted by Crippen LogP contribution is 2.33. The van der Waals surface area contributed by atoms with Gasteiger partial charge in [-0.25, -0.2) is 0 Å². The van der Waals surface area contributed by atoms with Crippen LogP contribution in [-0.4, -0.2) is 27.4 Å². The Labute approximate surface area is 208 Å². The number of nitrogens with zero attached hydrogens (tertiary/aromatic N) is 2. The van der Waals surface area contributed by atoms with Gasteiger partial charge in [0.25, 0.3) is 0 Å². The van der Waals surface area contributed by atoms with Crippen molar-refractivity contribution in [2.75, 3.05) is 6.54 Å². The van der Waals surface area contributed by atoms with Gasteiger partial charge in [-0.15, -0.1) is 5.92 Å². The van der Waals surface area contributed by atoms with Crippen LogP contribution >= 0.6 is 11.3 Å². The zero-order valence-electron chi connectivity index (χ0n) is 19.4. The minimum Gasteiger partial charge on any atom is -0.489 e. The first kappa shape index (κ1) is 24.5. The van der Waals surface area contributed by atoms with Crippen LogP contribution in [0.1, 0.15) is 46.4 Å². The summed E-state index contributed by atoms with van der Waals surface area (Å²) >= 11 is 1.29. The molecule has 0 saturated heterocycles. The predicted octanol–water partition coefficient (Wildman–Crippen LogP) is 5.38. The molecule has 0 radical (unpaired) electrons. The van der Waals surface area contributed by atoms with Crippen molar-refractivity contribution in [1.29, 1.82) is 0 Å². The number of aliphatic carboxylic acids is 1. The number of carboxylic acids is 1. The minimum absolute atomic E-state index is 0.0323. The van der Waals surface area contributed by atoms with Crippen LogP contribution in [0.25, 0.3) is 0 Å². The fraction of sp³-hybridized carbons (Fsp3) is 0.296. The van der Waals surface area contributed by atoms with Gasteiger partial charge >= 0.3 is 11.0 Å². The molecule has 1 aliphatic heterocycles. The zero-order valence-corrected chi connectivity index (χ0v) is 20.2. The van der Waals surface area contributed by atoms with E-state index in [1.807, 2.05) is 36.4 Å². The maximum atomic E-state index is 11.1. The molecular formula is C27H26N2O5S. The molecule has 1 N–H and O–H groups in total. The second kappa shape index (κ2) is 11.2. The van der Waals surface area contributed by atoms with Crippen LogP contribution < -0.4 is 4.74 Å². The molecule has 1 aliphatic rings. The molecule has 1 aromatic heterocycles. The molecule has 0 amide bonds. The van der Waals surface area contributed by atoms with Crippen LogP contribution in [0.5, 0.6) is 5.75 Å². The molecule has 8 heteroatoms. The summed E-state index contributed by atoms with van der Waals surface area (Å²) in [5.74, 6) is 5.25. The van der Waals surface area contributed by atoms with Crippen molar-refractivity contribution in [3.8, 4) is 17.6 Å². The molecule has 2 aromatic carbocycles. The summed E-state index contributed by atoms with van der Waals surface area (Å²) in [7, 11) is 0. The van der Waals surface area contributed by atoms with E-state index in [2.05, 4.69) is 28.9 Å². The number of ether oxygens (including phenoxy) is 1. The van der Waals surface area contributed by atoms with Gasteiger partial charge in [0.15, 0.2) is 0 Å². The average molecular weight is 491 g/mol. The Morgan fingerprint density at radius 1 is 1.23 bits per heavy atom. The minimum atomic E-state index is -0.875. The molecule has 35 heavy (non-hydrogen) atoms. The first-order valence-electron chi connectivity index (χ1n) is 11.3. The topological polar surface area (TPSA) is 92.9 Å². The van der Waals surface area contributed by atoms with E-state index in [0.29, 0.717) is 12.4 Å². The number of nitro groups is 1. The number of thiophene rings is 1. The van der Waals surface area contributed by atoms with Crippen LogP contribution in [0.15, 0.2) is 54.6 Å². The number of carbonyl (C=O) groups is 1. The average Bonchev–Trinajstić information content (AvgIpc) is 3.27. The lowest BCUT2D eigenvalue weighted by Crippen LogP contribution is -2.29. The summed E-state index contributed by atoms with van der Waals surface area (Å²) in [4.78, 5) is 25.3. The molecule has 0 unspecified atom stereocenters. The summed E-state index contributed by atoms with van der Waals surface area (Å²) in [5, 5.41) is 20.4. The van der Waals surface area contributed by atoms with E-state index in [4.69, 9.17) is 9.84 Å². The van der Waals surface area contributed by atoms with Crippen LogP contribution in [0.4, 0.5) is 5.00 Å². The van der Waals surface area contributed by atoms with Crippen molar-refractivity contribution in [1.82, 2.24) is 4.90 Å². The summed E-state index contributed by atoms with van der Waals surface area (Å²) in [6.07, 6.45) is 0.805. The lowest BCUT2D eigenvalue weighted by molar-refractivity contribution is -0.380. The summed E-state index contributed by atoms with van der Waals surface area (Å²) < 4.78 is 5.96. The largest absolute Gasteiger partial charge is 0.489 e. The third kappa shape index (κ3) is 6.47. The van der Waals surface area contributed by atoms with Crippen LogP contribution in [-0.2, 0) is 30.9 Å². The molecule has 3 aromatic rings. The van der Waals surface area contributed by atoms with Crippen molar-refractivity contribution < 1.29 is 19.6 Å². The number of hydrogen-bond donors (Lipinski definition) is 1. The zero-order chi connectivity index (χ0) is 24.8. The number of carboxylic acid groups (broad SMARTS) is 1. The molecule has 1 atom stereocenters. The van der Waals surface area contributed by atoms with Crippen molar-refractivity contribution in [3.63, 3.8) is 0 Å². The van der Waals surface area contributed by atoms with Crippen molar-refractivity contribution in [2.24, 2.45) is 0 Å². The second-order valence-electron chi connectivity index (χ2n) is 8.47. The maximum Gasteiger partial charge on any atom is 0.324 e. The maximum absolute atomic E-state index is 11.1. The quantitative estimate of drug-likeness (QED) is 0.246. The Kier molecular flexibility index (Phi) is 7.80. The van der Waals surface area contributed by atoms with Gasteiger partial charge in [0.1, 0.15) is 12.4 Å². The highest BCUT2D eigenvalue weighted by Gasteiger charge is 2.23. The number of rotatable bonds is 9. The Balaban J connectivity index is 1.34. The van der Waals surface area contributed by atoms with E-state index < -0.39 is 5.97 Å². The molecule has 180 valence electrons. The van der Waals surface area contributed by atoms with Gasteiger partial charge in [0.05, 0.1) is 17.3 Å². The van der Waals surface area contributed by atoms with E-state index in [-0.39, 0.29) is 22.3 Å². The molecule has 4 rings (SSSR count). The molecule has 0 spiro atoms. The fourth-order valence-electron chi connectivity index (χ4n) is 4.24. The molecule has 7 nitrogen and oxygen atoms in total. The third-order valence-corrected chi connectivity index (χ3v) is 7.08. The number of benzene rings is 2. The molecule has 2 heterocycles. The van der Waals surface area contributed by atoms with Crippen molar-refractivity contribution >= 4 is 22.3 Å². The predicted molar refractivity (Wildman–Crippen MR) is 134 cm³/mol. The monoisotopic (exact) mass is 490 g/mol. The van der Waals surface area contributed by atoms with Gasteiger partial charge in [-0.1, -0.05) is 53.7 Å². The molecule has 0 saturated carbocycles. The highest BCUT2D eigenvalue weighted by molar-refractivity contribution is 7.15. The van der Waals surface area contributed by atoms with Crippen molar-refractivity contribution in [2.45, 2.75) is 45.4 Å². The Hall–Kier alpha value is -3.67. The SMILES string of the molecule is CC#C[C@@H](CC(=O)O)c1ccc(OCc2cccc(CN3CCc4sc([N+](=O)[O-])cc4C3)c2)cc1. The Morgan fingerprint density at radius 2 is 2.00 bits per heavy atom. The van der Waals surface area contributed by atoms with Crippen LogP contribution in [0.3, 0.4) is 0 Å². The summed E-state index contributed by atoms with van der Waals surface area (Å²) in [6, 6.07) is 17.4. The molecule has 0 bridgehead atoms. The molecule has 0 fully saturated rings. The van der Waals surface area contributed by atoms with E-state index >= 15 is 0 Å². The van der Waals surface area contributed by atoms with E-state index in [1.165, 1.54) is 16.9 Å². The Morgan fingerprint density at radius 3 is 2.71 bits per heavy atom. The van der Waals surface area contributed by atoms with Gasteiger partial charge in [0, 0.05) is 30.6 Å². The molecular weight excluding hydrogens is 464 g/mol. The van der Waals surface area contributed by atoms with Crippen molar-refractivity contribution in [3.05, 3.63) is 91.8 Å². The van der Waals surface area contributed by atoms with E-state index in [9.17, 15) is 14.9 Å². The Bertz CT molecular complexity index is 1270. The first-order valence-corrected chi connectivity index (χ1v) is 12.2. The van der Waals surface area contributed by atoms with Gasteiger partial charge in [-0.3, -0.25) is 19.8 Å². The van der Waals surface area contributed by atoms with Crippen LogP contribution in [0.2, 0.25) is 0 Å². The molecule has 0 aliphatic carbocycles. The first-order chi connectivity index (χ1) is 16.9. The van der Waals surface area contributed by atoms with Gasteiger partial charge in [-0.05, 0) is 47.7 Å². The fourth-order valence-corrected chi connectivity index (χ4v) is 5.22. The van der Waals surface area contributed by atoms with Crippen LogP contribution in [0, 0.1) is 22.0 Å².